The Bertz CT molecular complexity index is 418. The van der Waals surface area contributed by atoms with Crippen LogP contribution in [-0.4, -0.2) is 68.7 Å². The van der Waals surface area contributed by atoms with E-state index in [9.17, 15) is 8.42 Å². The van der Waals surface area contributed by atoms with E-state index in [0.29, 0.717) is 19.6 Å². The van der Waals surface area contributed by atoms with Crippen molar-refractivity contribution in [2.45, 2.75) is 39.0 Å². The summed E-state index contributed by atoms with van der Waals surface area (Å²) in [6, 6.07) is 0. The Hall–Kier alpha value is -0.170. The number of hydrogen-bond acceptors (Lipinski definition) is 3. The van der Waals surface area contributed by atoms with E-state index in [1.165, 1.54) is 0 Å². The van der Waals surface area contributed by atoms with E-state index in [0.717, 1.165) is 45.2 Å². The zero-order chi connectivity index (χ0) is 14.8. The maximum absolute atomic E-state index is 12.7. The molecule has 6 heteroatoms. The molecule has 0 aliphatic carbocycles. The van der Waals surface area contributed by atoms with Gasteiger partial charge < -0.3 is 4.90 Å². The smallest absolute Gasteiger partial charge is 0.281 e. The first-order chi connectivity index (χ1) is 9.33. The number of likely N-dealkylation sites (tertiary alicyclic amines) is 1. The van der Waals surface area contributed by atoms with Crippen LogP contribution >= 0.6 is 0 Å². The van der Waals surface area contributed by atoms with Gasteiger partial charge in [-0.2, -0.15) is 17.0 Å². The minimum atomic E-state index is -3.28. The molecule has 0 radical (unpaired) electrons. The summed E-state index contributed by atoms with van der Waals surface area (Å²) in [6.07, 6.45) is 5.36. The molecule has 0 aromatic heterocycles. The van der Waals surface area contributed by atoms with E-state index >= 15 is 0 Å². The van der Waals surface area contributed by atoms with Gasteiger partial charge in [-0.1, -0.05) is 19.8 Å². The van der Waals surface area contributed by atoms with Crippen molar-refractivity contribution in [3.05, 3.63) is 0 Å². The van der Waals surface area contributed by atoms with Gasteiger partial charge in [-0.15, -0.1) is 0 Å². The van der Waals surface area contributed by atoms with Gasteiger partial charge in [-0.3, -0.25) is 0 Å². The van der Waals surface area contributed by atoms with Crippen LogP contribution in [0.4, 0.5) is 0 Å². The van der Waals surface area contributed by atoms with Crippen LogP contribution in [0.5, 0.6) is 0 Å². The number of rotatable bonds is 4. The summed E-state index contributed by atoms with van der Waals surface area (Å²) in [5.74, 6) is 0. The van der Waals surface area contributed by atoms with E-state index in [1.54, 1.807) is 15.7 Å². The molecule has 20 heavy (non-hydrogen) atoms. The summed E-state index contributed by atoms with van der Waals surface area (Å²) in [4.78, 5) is 2.28. The molecule has 0 bridgehead atoms. The Morgan fingerprint density at radius 1 is 1.10 bits per heavy atom. The Kier molecular flexibility index (Phi) is 5.10. The van der Waals surface area contributed by atoms with E-state index in [1.807, 2.05) is 0 Å². The highest BCUT2D eigenvalue weighted by Crippen LogP contribution is 2.30. The molecule has 2 aliphatic rings. The van der Waals surface area contributed by atoms with Crippen LogP contribution in [0.1, 0.15) is 39.0 Å². The third-order valence-electron chi connectivity index (χ3n) is 4.64. The molecular formula is C14H29N3O2S. The maximum Gasteiger partial charge on any atom is 0.281 e. The molecule has 5 nitrogen and oxygen atoms in total. The zero-order valence-electron chi connectivity index (χ0n) is 13.1. The number of nitrogens with zero attached hydrogens (tertiary/aromatic N) is 3. The molecule has 2 rings (SSSR count). The SMILES string of the molecule is CN1CC[C@@](C)(CN(C)S(=O)(=O)N2CCCCCC2)C1. The van der Waals surface area contributed by atoms with Crippen molar-refractivity contribution in [2.24, 2.45) is 5.41 Å². The minimum absolute atomic E-state index is 0.0857. The van der Waals surface area contributed by atoms with Crippen LogP contribution in [-0.2, 0) is 10.2 Å². The van der Waals surface area contributed by atoms with Crippen LogP contribution in [0.3, 0.4) is 0 Å². The quantitative estimate of drug-likeness (QED) is 0.788. The predicted molar refractivity (Wildman–Crippen MR) is 81.8 cm³/mol. The molecule has 118 valence electrons. The molecule has 0 aromatic carbocycles. The van der Waals surface area contributed by atoms with Gasteiger partial charge in [-0.05, 0) is 38.3 Å². The molecule has 0 N–H and O–H groups in total. The summed E-state index contributed by atoms with van der Waals surface area (Å²) < 4.78 is 28.6. The monoisotopic (exact) mass is 303 g/mol. The van der Waals surface area contributed by atoms with Gasteiger partial charge in [0.1, 0.15) is 0 Å². The van der Waals surface area contributed by atoms with Gasteiger partial charge in [0, 0.05) is 33.2 Å². The Morgan fingerprint density at radius 3 is 2.20 bits per heavy atom. The first-order valence-electron chi connectivity index (χ1n) is 7.73. The summed E-state index contributed by atoms with van der Waals surface area (Å²) in [5.41, 5.74) is 0.0857. The van der Waals surface area contributed by atoms with Crippen molar-refractivity contribution in [3.8, 4) is 0 Å². The molecule has 0 unspecified atom stereocenters. The van der Waals surface area contributed by atoms with Gasteiger partial charge in [0.15, 0.2) is 0 Å². The second-order valence-corrected chi connectivity index (χ2v) is 8.91. The summed E-state index contributed by atoms with van der Waals surface area (Å²) in [7, 11) is 0.565. The maximum atomic E-state index is 12.7. The topological polar surface area (TPSA) is 43.9 Å². The van der Waals surface area contributed by atoms with Crippen LogP contribution in [0.15, 0.2) is 0 Å². The molecule has 2 fully saturated rings. The van der Waals surface area contributed by atoms with E-state index < -0.39 is 10.2 Å². The van der Waals surface area contributed by atoms with Gasteiger partial charge >= 0.3 is 0 Å². The normalized spacial score (nSPS) is 30.8. The third kappa shape index (κ3) is 3.72. The fourth-order valence-electron chi connectivity index (χ4n) is 3.49. The van der Waals surface area contributed by atoms with Gasteiger partial charge in [0.25, 0.3) is 10.2 Å². The molecule has 2 heterocycles. The molecule has 0 aromatic rings. The lowest BCUT2D eigenvalue weighted by Gasteiger charge is -2.32. The van der Waals surface area contributed by atoms with Crippen LogP contribution < -0.4 is 0 Å². The average Bonchev–Trinajstić information content (AvgIpc) is 2.60. The molecule has 1 atom stereocenters. The standard InChI is InChI=1S/C14H29N3O2S/c1-14(8-11-15(2)12-14)13-16(3)20(18,19)17-9-6-4-5-7-10-17/h4-13H2,1-3H3/t14-/m1/s1. The first-order valence-corrected chi connectivity index (χ1v) is 9.13. The van der Waals surface area contributed by atoms with Crippen molar-refractivity contribution in [1.82, 2.24) is 13.5 Å². The van der Waals surface area contributed by atoms with Crippen molar-refractivity contribution in [3.63, 3.8) is 0 Å². The molecule has 0 amide bonds. The summed E-state index contributed by atoms with van der Waals surface area (Å²) >= 11 is 0. The number of hydrogen-bond donors (Lipinski definition) is 0. The highest BCUT2D eigenvalue weighted by Gasteiger charge is 2.37. The lowest BCUT2D eigenvalue weighted by Crippen LogP contribution is -2.46. The van der Waals surface area contributed by atoms with Gasteiger partial charge in [-0.25, -0.2) is 0 Å². The second kappa shape index (κ2) is 6.30. The average molecular weight is 303 g/mol. The van der Waals surface area contributed by atoms with Crippen molar-refractivity contribution < 1.29 is 8.42 Å². The van der Waals surface area contributed by atoms with E-state index in [2.05, 4.69) is 18.9 Å². The van der Waals surface area contributed by atoms with Gasteiger partial charge in [0.2, 0.25) is 0 Å². The predicted octanol–water partition coefficient (Wildman–Crippen LogP) is 1.38. The highest BCUT2D eigenvalue weighted by atomic mass is 32.2. The van der Waals surface area contributed by atoms with Crippen LogP contribution in [0, 0.1) is 5.41 Å². The molecule has 2 aliphatic heterocycles. The first kappa shape index (κ1) is 16.2. The van der Waals surface area contributed by atoms with Crippen molar-refractivity contribution >= 4 is 10.2 Å². The molecule has 2 saturated heterocycles. The van der Waals surface area contributed by atoms with E-state index in [-0.39, 0.29) is 5.41 Å². The Balaban J connectivity index is 2.01. The Morgan fingerprint density at radius 2 is 1.70 bits per heavy atom. The molecule has 0 saturated carbocycles. The van der Waals surface area contributed by atoms with E-state index in [4.69, 9.17) is 0 Å². The second-order valence-electron chi connectivity index (χ2n) is 6.88. The largest absolute Gasteiger partial charge is 0.306 e. The van der Waals surface area contributed by atoms with Gasteiger partial charge in [0.05, 0.1) is 0 Å². The zero-order valence-corrected chi connectivity index (χ0v) is 14.0. The fraction of sp³-hybridized carbons (Fsp3) is 1.00. The third-order valence-corrected chi connectivity index (χ3v) is 6.57. The fourth-order valence-corrected chi connectivity index (χ4v) is 5.08. The van der Waals surface area contributed by atoms with Crippen molar-refractivity contribution in [2.75, 3.05) is 46.8 Å². The minimum Gasteiger partial charge on any atom is -0.306 e. The Labute approximate surface area is 124 Å². The van der Waals surface area contributed by atoms with Crippen LogP contribution in [0.25, 0.3) is 0 Å². The lowest BCUT2D eigenvalue weighted by atomic mass is 9.90. The van der Waals surface area contributed by atoms with Crippen molar-refractivity contribution in [1.29, 1.82) is 0 Å². The molecular weight excluding hydrogens is 274 g/mol. The molecule has 0 spiro atoms. The summed E-state index contributed by atoms with van der Waals surface area (Å²) in [6.45, 7) is 6.23. The summed E-state index contributed by atoms with van der Waals surface area (Å²) in [5, 5.41) is 0. The lowest BCUT2D eigenvalue weighted by molar-refractivity contribution is 0.244. The van der Waals surface area contributed by atoms with Crippen LogP contribution in [0.2, 0.25) is 0 Å². The highest BCUT2D eigenvalue weighted by molar-refractivity contribution is 7.86.